The number of carbonyl (C=O) groups excluding carboxylic acids is 1. The molecule has 27 heavy (non-hydrogen) atoms. The standard InChI is InChI=1S/C20H15F2N3OS/c21-19(22)25-17-11-4-3-9-16(17)24-20(25)27-12-18(26)23-15-10-5-7-13-6-1-2-8-14(13)15/h1-11,19H,12H2,(H,23,26). The minimum atomic E-state index is -2.72. The molecule has 0 aliphatic heterocycles. The topological polar surface area (TPSA) is 46.9 Å². The zero-order valence-corrected chi connectivity index (χ0v) is 14.9. The van der Waals surface area contributed by atoms with Crippen LogP contribution in [0.3, 0.4) is 0 Å². The summed E-state index contributed by atoms with van der Waals surface area (Å²) in [4.78, 5) is 16.6. The zero-order chi connectivity index (χ0) is 18.8. The van der Waals surface area contributed by atoms with Crippen LogP contribution < -0.4 is 5.32 Å². The molecule has 0 radical (unpaired) electrons. The van der Waals surface area contributed by atoms with Gasteiger partial charge in [-0.1, -0.05) is 60.3 Å². The number of hydrogen-bond acceptors (Lipinski definition) is 3. The number of amides is 1. The number of nitrogens with zero attached hydrogens (tertiary/aromatic N) is 2. The summed E-state index contributed by atoms with van der Waals surface area (Å²) in [5.41, 5.74) is 1.53. The number of aromatic nitrogens is 2. The van der Waals surface area contributed by atoms with Crippen molar-refractivity contribution in [3.05, 3.63) is 66.7 Å². The Morgan fingerprint density at radius 3 is 2.63 bits per heavy atom. The Balaban J connectivity index is 1.53. The van der Waals surface area contributed by atoms with E-state index in [4.69, 9.17) is 0 Å². The van der Waals surface area contributed by atoms with Gasteiger partial charge in [0.25, 0.3) is 0 Å². The minimum absolute atomic E-state index is 0.0146. The first-order valence-electron chi connectivity index (χ1n) is 8.29. The molecule has 136 valence electrons. The van der Waals surface area contributed by atoms with Gasteiger partial charge in [-0.3, -0.25) is 9.36 Å². The Labute approximate surface area is 158 Å². The summed E-state index contributed by atoms with van der Waals surface area (Å²) in [6.07, 6.45) is 0. The van der Waals surface area contributed by atoms with Crippen molar-refractivity contribution < 1.29 is 13.6 Å². The van der Waals surface area contributed by atoms with Crippen molar-refractivity contribution in [2.75, 3.05) is 11.1 Å². The Kier molecular flexibility index (Phi) is 4.77. The number of anilines is 1. The molecule has 0 spiro atoms. The van der Waals surface area contributed by atoms with E-state index in [-0.39, 0.29) is 16.8 Å². The summed E-state index contributed by atoms with van der Waals surface area (Å²) in [6, 6.07) is 20.1. The second-order valence-corrected chi connectivity index (χ2v) is 6.84. The molecule has 0 saturated carbocycles. The summed E-state index contributed by atoms with van der Waals surface area (Å²) in [6.45, 7) is -2.72. The third-order valence-electron chi connectivity index (χ3n) is 4.15. The molecule has 3 aromatic carbocycles. The van der Waals surface area contributed by atoms with Crippen molar-refractivity contribution >= 4 is 45.2 Å². The largest absolute Gasteiger partial charge is 0.325 e. The number of thioether (sulfide) groups is 1. The average Bonchev–Trinajstić information content (AvgIpc) is 3.05. The van der Waals surface area contributed by atoms with Gasteiger partial charge in [-0.15, -0.1) is 0 Å². The molecular weight excluding hydrogens is 368 g/mol. The fourth-order valence-electron chi connectivity index (χ4n) is 2.96. The fourth-order valence-corrected chi connectivity index (χ4v) is 3.78. The lowest BCUT2D eigenvalue weighted by Crippen LogP contribution is -2.15. The van der Waals surface area contributed by atoms with Crippen molar-refractivity contribution in [3.8, 4) is 0 Å². The summed E-state index contributed by atoms with van der Waals surface area (Å²) < 4.78 is 27.7. The van der Waals surface area contributed by atoms with Crippen molar-refractivity contribution in [1.82, 2.24) is 9.55 Å². The van der Waals surface area contributed by atoms with Crippen LogP contribution in [0.2, 0.25) is 0 Å². The molecule has 0 aliphatic rings. The molecule has 0 fully saturated rings. The number of alkyl halides is 2. The Hall–Kier alpha value is -2.93. The summed E-state index contributed by atoms with van der Waals surface area (Å²) in [5.74, 6) is -0.288. The Morgan fingerprint density at radius 1 is 1.04 bits per heavy atom. The molecule has 0 atom stereocenters. The van der Waals surface area contributed by atoms with Crippen LogP contribution in [0.5, 0.6) is 0 Å². The first kappa shape index (κ1) is 17.5. The zero-order valence-electron chi connectivity index (χ0n) is 14.1. The number of rotatable bonds is 5. The number of fused-ring (bicyclic) bond motifs is 2. The highest BCUT2D eigenvalue weighted by Gasteiger charge is 2.19. The molecule has 1 amide bonds. The molecule has 0 unspecified atom stereocenters. The van der Waals surface area contributed by atoms with E-state index in [1.807, 2.05) is 42.5 Å². The third-order valence-corrected chi connectivity index (χ3v) is 5.11. The van der Waals surface area contributed by atoms with E-state index in [0.29, 0.717) is 16.7 Å². The van der Waals surface area contributed by atoms with Crippen molar-refractivity contribution in [1.29, 1.82) is 0 Å². The molecule has 7 heteroatoms. The van der Waals surface area contributed by atoms with Gasteiger partial charge in [0.05, 0.1) is 16.8 Å². The van der Waals surface area contributed by atoms with Crippen molar-refractivity contribution in [3.63, 3.8) is 0 Å². The quantitative estimate of drug-likeness (QED) is 0.475. The molecule has 4 nitrogen and oxygen atoms in total. The number of imidazole rings is 1. The van der Waals surface area contributed by atoms with Gasteiger partial charge >= 0.3 is 6.55 Å². The SMILES string of the molecule is O=C(CSc1nc2ccccc2n1C(F)F)Nc1cccc2ccccc12. The Morgan fingerprint density at radius 2 is 1.78 bits per heavy atom. The van der Waals surface area contributed by atoms with Crippen LogP contribution in [0.15, 0.2) is 71.9 Å². The molecule has 0 aliphatic carbocycles. The monoisotopic (exact) mass is 383 g/mol. The summed E-state index contributed by atoms with van der Waals surface area (Å²) in [5, 5.41) is 4.92. The molecule has 4 aromatic rings. The molecule has 1 N–H and O–H groups in total. The highest BCUT2D eigenvalue weighted by molar-refractivity contribution is 7.99. The molecule has 4 rings (SSSR count). The third kappa shape index (κ3) is 3.50. The highest BCUT2D eigenvalue weighted by Crippen LogP contribution is 2.29. The van der Waals surface area contributed by atoms with E-state index < -0.39 is 6.55 Å². The maximum atomic E-state index is 13.4. The van der Waals surface area contributed by atoms with Crippen LogP contribution in [0.1, 0.15) is 6.55 Å². The second-order valence-electron chi connectivity index (χ2n) is 5.89. The number of halogens is 2. The molecule has 0 bridgehead atoms. The van der Waals surface area contributed by atoms with Crippen LogP contribution in [-0.2, 0) is 4.79 Å². The number of carbonyl (C=O) groups is 1. The average molecular weight is 383 g/mol. The van der Waals surface area contributed by atoms with E-state index >= 15 is 0 Å². The number of para-hydroxylation sites is 2. The minimum Gasteiger partial charge on any atom is -0.325 e. The van der Waals surface area contributed by atoms with E-state index in [1.54, 1.807) is 24.3 Å². The van der Waals surface area contributed by atoms with Crippen LogP contribution in [0.25, 0.3) is 21.8 Å². The summed E-state index contributed by atoms with van der Waals surface area (Å²) in [7, 11) is 0. The maximum absolute atomic E-state index is 13.4. The number of benzene rings is 3. The van der Waals surface area contributed by atoms with E-state index in [1.165, 1.54) is 0 Å². The van der Waals surface area contributed by atoms with E-state index in [0.717, 1.165) is 27.1 Å². The van der Waals surface area contributed by atoms with Crippen molar-refractivity contribution in [2.45, 2.75) is 11.7 Å². The molecular formula is C20H15F2N3OS. The highest BCUT2D eigenvalue weighted by atomic mass is 32.2. The van der Waals surface area contributed by atoms with Gasteiger partial charge in [-0.2, -0.15) is 8.78 Å². The van der Waals surface area contributed by atoms with Gasteiger partial charge in [0.2, 0.25) is 5.91 Å². The lowest BCUT2D eigenvalue weighted by Gasteiger charge is -2.09. The predicted molar refractivity (Wildman–Crippen MR) is 104 cm³/mol. The van der Waals surface area contributed by atoms with Crippen LogP contribution >= 0.6 is 11.8 Å². The van der Waals surface area contributed by atoms with Crippen molar-refractivity contribution in [2.24, 2.45) is 0 Å². The smallest absolute Gasteiger partial charge is 0.321 e. The second kappa shape index (κ2) is 7.36. The van der Waals surface area contributed by atoms with E-state index in [9.17, 15) is 13.6 Å². The first-order chi connectivity index (χ1) is 13.1. The normalized spacial score (nSPS) is 11.4. The van der Waals surface area contributed by atoms with Crippen LogP contribution in [0, 0.1) is 0 Å². The number of nitrogens with one attached hydrogen (secondary N) is 1. The summed E-state index contributed by atoms with van der Waals surface area (Å²) >= 11 is 0.994. The molecule has 1 aromatic heterocycles. The number of hydrogen-bond donors (Lipinski definition) is 1. The van der Waals surface area contributed by atoms with Crippen LogP contribution in [0.4, 0.5) is 14.5 Å². The fraction of sp³-hybridized carbons (Fsp3) is 0.100. The maximum Gasteiger partial charge on any atom is 0.321 e. The van der Waals surface area contributed by atoms with Gasteiger partial charge in [-0.25, -0.2) is 4.98 Å². The van der Waals surface area contributed by atoms with Gasteiger partial charge < -0.3 is 5.32 Å². The molecule has 0 saturated heterocycles. The lowest BCUT2D eigenvalue weighted by atomic mass is 10.1. The Bertz CT molecular complexity index is 1120. The van der Waals surface area contributed by atoms with E-state index in [2.05, 4.69) is 10.3 Å². The van der Waals surface area contributed by atoms with Gasteiger partial charge in [0.15, 0.2) is 5.16 Å². The van der Waals surface area contributed by atoms with Gasteiger partial charge in [0.1, 0.15) is 0 Å². The van der Waals surface area contributed by atoms with Gasteiger partial charge in [0, 0.05) is 11.1 Å². The lowest BCUT2D eigenvalue weighted by molar-refractivity contribution is -0.113. The van der Waals surface area contributed by atoms with Crippen LogP contribution in [-0.4, -0.2) is 21.2 Å². The van der Waals surface area contributed by atoms with Gasteiger partial charge in [-0.05, 0) is 23.6 Å². The first-order valence-corrected chi connectivity index (χ1v) is 9.27. The predicted octanol–water partition coefficient (Wildman–Crippen LogP) is 5.32. The molecule has 1 heterocycles.